The van der Waals surface area contributed by atoms with Gasteiger partial charge in [-0.2, -0.15) is 0 Å². The Balaban J connectivity index is 0.00000338. The molecule has 26 heavy (non-hydrogen) atoms. The number of hydrogen-bond donors (Lipinski definition) is 3. The molecule has 0 atom stereocenters. The lowest BCUT2D eigenvalue weighted by Gasteiger charge is -2.34. The fourth-order valence-electron chi connectivity index (χ4n) is 2.96. The standard InChI is InChI=1S/C19H32FN5.HI/c1-19(2,3)23-11-10-22-18(21-4)24-16-8-12-25(13-9-16)17-7-5-6-15(20)14-17;/h5-7,14,16,23H,8-13H2,1-4H3,(H2,21,22,24);1H. The number of nitrogens with zero attached hydrogens (tertiary/aromatic N) is 2. The molecule has 0 aromatic heterocycles. The molecule has 2 rings (SSSR count). The largest absolute Gasteiger partial charge is 0.371 e. The van der Waals surface area contributed by atoms with Crippen molar-refractivity contribution in [2.24, 2.45) is 4.99 Å². The summed E-state index contributed by atoms with van der Waals surface area (Å²) in [6, 6.07) is 7.23. The third-order valence-electron chi connectivity index (χ3n) is 4.31. The van der Waals surface area contributed by atoms with Gasteiger partial charge in [-0.05, 0) is 51.8 Å². The van der Waals surface area contributed by atoms with Crippen molar-refractivity contribution in [1.82, 2.24) is 16.0 Å². The van der Waals surface area contributed by atoms with Crippen LogP contribution in [-0.4, -0.2) is 50.8 Å². The molecule has 0 saturated carbocycles. The summed E-state index contributed by atoms with van der Waals surface area (Å²) < 4.78 is 13.4. The summed E-state index contributed by atoms with van der Waals surface area (Å²) in [7, 11) is 1.80. The Morgan fingerprint density at radius 2 is 1.92 bits per heavy atom. The summed E-state index contributed by atoms with van der Waals surface area (Å²) in [6.45, 7) is 10.0. The van der Waals surface area contributed by atoms with Crippen LogP contribution in [0.1, 0.15) is 33.6 Å². The zero-order valence-electron chi connectivity index (χ0n) is 16.3. The molecule has 1 heterocycles. The number of nitrogens with one attached hydrogen (secondary N) is 3. The van der Waals surface area contributed by atoms with Crippen molar-refractivity contribution >= 4 is 35.6 Å². The highest BCUT2D eigenvalue weighted by molar-refractivity contribution is 14.0. The normalized spacial score (nSPS) is 16.2. The van der Waals surface area contributed by atoms with Gasteiger partial charge in [-0.15, -0.1) is 24.0 Å². The molecule has 0 amide bonds. The molecule has 0 aliphatic carbocycles. The second-order valence-corrected chi connectivity index (χ2v) is 7.56. The van der Waals surface area contributed by atoms with Crippen molar-refractivity contribution < 1.29 is 4.39 Å². The van der Waals surface area contributed by atoms with Crippen LogP contribution in [-0.2, 0) is 0 Å². The van der Waals surface area contributed by atoms with Crippen molar-refractivity contribution in [2.75, 3.05) is 38.1 Å². The van der Waals surface area contributed by atoms with Crippen molar-refractivity contribution in [3.05, 3.63) is 30.1 Å². The van der Waals surface area contributed by atoms with Crippen molar-refractivity contribution in [2.45, 2.75) is 45.2 Å². The van der Waals surface area contributed by atoms with Crippen LogP contribution in [0.5, 0.6) is 0 Å². The van der Waals surface area contributed by atoms with E-state index in [4.69, 9.17) is 0 Å². The Morgan fingerprint density at radius 3 is 2.50 bits per heavy atom. The lowest BCUT2D eigenvalue weighted by molar-refractivity contribution is 0.426. The molecule has 1 aromatic carbocycles. The molecule has 148 valence electrons. The van der Waals surface area contributed by atoms with Crippen LogP contribution in [0.15, 0.2) is 29.3 Å². The number of aliphatic imine (C=N–C) groups is 1. The van der Waals surface area contributed by atoms with Gasteiger partial charge in [0, 0.05) is 50.5 Å². The first-order chi connectivity index (χ1) is 11.9. The first-order valence-electron chi connectivity index (χ1n) is 9.10. The topological polar surface area (TPSA) is 51.7 Å². The maximum Gasteiger partial charge on any atom is 0.191 e. The molecule has 0 unspecified atom stereocenters. The Labute approximate surface area is 174 Å². The first kappa shape index (κ1) is 23.0. The summed E-state index contributed by atoms with van der Waals surface area (Å²) in [5.41, 5.74) is 1.09. The van der Waals surface area contributed by atoms with Gasteiger partial charge in [-0.25, -0.2) is 4.39 Å². The highest BCUT2D eigenvalue weighted by Crippen LogP contribution is 2.20. The average molecular weight is 477 g/mol. The molecular weight excluding hydrogens is 444 g/mol. The van der Waals surface area contributed by atoms with Crippen LogP contribution in [0.3, 0.4) is 0 Å². The number of halogens is 2. The minimum Gasteiger partial charge on any atom is -0.371 e. The van der Waals surface area contributed by atoms with E-state index in [1.165, 1.54) is 6.07 Å². The molecule has 5 nitrogen and oxygen atoms in total. The van der Waals surface area contributed by atoms with Gasteiger partial charge in [0.2, 0.25) is 0 Å². The van der Waals surface area contributed by atoms with Gasteiger partial charge < -0.3 is 20.9 Å². The van der Waals surface area contributed by atoms with Crippen LogP contribution < -0.4 is 20.9 Å². The molecular formula is C19H33FIN5. The molecule has 0 bridgehead atoms. The highest BCUT2D eigenvalue weighted by atomic mass is 127. The lowest BCUT2D eigenvalue weighted by atomic mass is 10.0. The van der Waals surface area contributed by atoms with E-state index in [0.29, 0.717) is 6.04 Å². The van der Waals surface area contributed by atoms with E-state index in [1.807, 2.05) is 6.07 Å². The summed E-state index contributed by atoms with van der Waals surface area (Å²) in [6.07, 6.45) is 2.02. The number of piperidine rings is 1. The molecule has 0 radical (unpaired) electrons. The maximum atomic E-state index is 13.4. The van der Waals surface area contributed by atoms with Crippen molar-refractivity contribution in [3.8, 4) is 0 Å². The van der Waals surface area contributed by atoms with E-state index in [0.717, 1.165) is 50.7 Å². The Hall–Kier alpha value is -1.09. The van der Waals surface area contributed by atoms with Gasteiger partial charge in [-0.1, -0.05) is 6.07 Å². The predicted molar refractivity (Wildman–Crippen MR) is 119 cm³/mol. The predicted octanol–water partition coefficient (Wildman–Crippen LogP) is 2.97. The number of rotatable bonds is 5. The molecule has 3 N–H and O–H groups in total. The van der Waals surface area contributed by atoms with E-state index < -0.39 is 0 Å². The molecule has 0 spiro atoms. The quantitative estimate of drug-likeness (QED) is 0.264. The maximum absolute atomic E-state index is 13.4. The first-order valence-corrected chi connectivity index (χ1v) is 9.10. The highest BCUT2D eigenvalue weighted by Gasteiger charge is 2.20. The van der Waals surface area contributed by atoms with Crippen LogP contribution in [0.25, 0.3) is 0 Å². The monoisotopic (exact) mass is 477 g/mol. The number of guanidine groups is 1. The third kappa shape index (κ3) is 8.07. The zero-order chi connectivity index (χ0) is 18.3. The summed E-state index contributed by atoms with van der Waals surface area (Å²) >= 11 is 0. The number of hydrogen-bond acceptors (Lipinski definition) is 3. The SMILES string of the molecule is CN=C(NCCNC(C)(C)C)NC1CCN(c2cccc(F)c2)CC1.I. The van der Waals surface area contributed by atoms with Gasteiger partial charge in [0.15, 0.2) is 5.96 Å². The molecule has 1 aliphatic rings. The van der Waals surface area contributed by atoms with E-state index in [-0.39, 0.29) is 35.3 Å². The summed E-state index contributed by atoms with van der Waals surface area (Å²) in [5.74, 6) is 0.672. The third-order valence-corrected chi connectivity index (χ3v) is 4.31. The second-order valence-electron chi connectivity index (χ2n) is 7.56. The number of benzene rings is 1. The summed E-state index contributed by atoms with van der Waals surface area (Å²) in [4.78, 5) is 6.55. The van der Waals surface area contributed by atoms with E-state index in [1.54, 1.807) is 19.2 Å². The van der Waals surface area contributed by atoms with Crippen molar-refractivity contribution in [3.63, 3.8) is 0 Å². The molecule has 7 heteroatoms. The number of anilines is 1. The van der Waals surface area contributed by atoms with E-state index >= 15 is 0 Å². The smallest absolute Gasteiger partial charge is 0.191 e. The van der Waals surface area contributed by atoms with Crippen LogP contribution in [0, 0.1) is 5.82 Å². The minimum atomic E-state index is -0.175. The molecule has 1 aliphatic heterocycles. The second kappa shape index (κ2) is 10.9. The molecule has 1 fully saturated rings. The van der Waals surface area contributed by atoms with Gasteiger partial charge in [-0.3, -0.25) is 4.99 Å². The van der Waals surface area contributed by atoms with Crippen LogP contribution in [0.2, 0.25) is 0 Å². The minimum absolute atomic E-state index is 0. The molecule has 1 aromatic rings. The Morgan fingerprint density at radius 1 is 1.23 bits per heavy atom. The zero-order valence-corrected chi connectivity index (χ0v) is 18.6. The van der Waals surface area contributed by atoms with Crippen LogP contribution in [0.4, 0.5) is 10.1 Å². The summed E-state index contributed by atoms with van der Waals surface area (Å²) in [5, 5.41) is 10.3. The fourth-order valence-corrected chi connectivity index (χ4v) is 2.96. The molecule has 1 saturated heterocycles. The Kier molecular flexibility index (Phi) is 9.63. The Bertz CT molecular complexity index is 565. The van der Waals surface area contributed by atoms with Crippen molar-refractivity contribution in [1.29, 1.82) is 0 Å². The van der Waals surface area contributed by atoms with Crippen LogP contribution >= 0.6 is 24.0 Å². The van der Waals surface area contributed by atoms with Gasteiger partial charge >= 0.3 is 0 Å². The van der Waals surface area contributed by atoms with E-state index in [9.17, 15) is 4.39 Å². The fraction of sp³-hybridized carbons (Fsp3) is 0.632. The lowest BCUT2D eigenvalue weighted by Crippen LogP contribution is -2.50. The van der Waals surface area contributed by atoms with Gasteiger partial charge in [0.05, 0.1) is 0 Å². The average Bonchev–Trinajstić information content (AvgIpc) is 2.57. The van der Waals surface area contributed by atoms with Gasteiger partial charge in [0.25, 0.3) is 0 Å². The van der Waals surface area contributed by atoms with Gasteiger partial charge in [0.1, 0.15) is 5.82 Å². The van der Waals surface area contributed by atoms with E-state index in [2.05, 4.69) is 46.6 Å².